The van der Waals surface area contributed by atoms with Gasteiger partial charge in [0, 0.05) is 26.4 Å². The number of hydrogen-bond acceptors (Lipinski definition) is 7. The van der Waals surface area contributed by atoms with Gasteiger partial charge in [-0.1, -0.05) is 0 Å². The van der Waals surface area contributed by atoms with Crippen LogP contribution >= 0.6 is 0 Å². The highest BCUT2D eigenvalue weighted by Crippen LogP contribution is 2.32. The van der Waals surface area contributed by atoms with Gasteiger partial charge in [0.05, 0.1) is 6.20 Å². The second-order valence-electron chi connectivity index (χ2n) is 5.95. The van der Waals surface area contributed by atoms with Crippen LogP contribution in [0.1, 0.15) is 23.2 Å². The lowest BCUT2D eigenvalue weighted by atomic mass is 10.3. The summed E-state index contributed by atoms with van der Waals surface area (Å²) in [5.74, 6) is 1.55. The smallest absolute Gasteiger partial charge is 0.256 e. The van der Waals surface area contributed by atoms with E-state index in [-0.39, 0.29) is 12.0 Å². The van der Waals surface area contributed by atoms with Crippen LogP contribution in [-0.4, -0.2) is 45.7 Å². The molecule has 9 heteroatoms. The normalized spacial score (nSPS) is 13.5. The molecule has 134 valence electrons. The van der Waals surface area contributed by atoms with Gasteiger partial charge < -0.3 is 20.7 Å². The highest BCUT2D eigenvalue weighted by molar-refractivity contribution is 5.99. The van der Waals surface area contributed by atoms with Crippen LogP contribution in [0.25, 0.3) is 5.65 Å². The zero-order valence-electron chi connectivity index (χ0n) is 14.5. The Kier molecular flexibility index (Phi) is 4.04. The number of nitrogens with one attached hydrogen (secondary N) is 3. The maximum absolute atomic E-state index is 12.1. The molecule has 0 saturated heterocycles. The molecule has 3 N–H and O–H groups in total. The molecule has 1 fully saturated rings. The quantitative estimate of drug-likeness (QED) is 0.620. The van der Waals surface area contributed by atoms with Crippen molar-refractivity contribution in [1.29, 1.82) is 0 Å². The molecule has 4 rings (SSSR count). The maximum atomic E-state index is 12.1. The van der Waals surface area contributed by atoms with Crippen LogP contribution < -0.4 is 20.7 Å². The van der Waals surface area contributed by atoms with Gasteiger partial charge in [-0.25, -0.2) is 9.97 Å². The number of rotatable bonds is 6. The van der Waals surface area contributed by atoms with E-state index in [1.165, 1.54) is 6.20 Å². The lowest BCUT2D eigenvalue weighted by Gasteiger charge is -2.13. The molecule has 3 aromatic rings. The van der Waals surface area contributed by atoms with Crippen LogP contribution in [0.4, 0.5) is 17.3 Å². The van der Waals surface area contributed by atoms with E-state index in [9.17, 15) is 4.79 Å². The van der Waals surface area contributed by atoms with Crippen molar-refractivity contribution in [3.8, 4) is 5.88 Å². The number of aromatic nitrogens is 4. The average molecular weight is 353 g/mol. The Hall–Kier alpha value is -3.36. The van der Waals surface area contributed by atoms with Gasteiger partial charge in [-0.3, -0.25) is 4.79 Å². The van der Waals surface area contributed by atoms with Crippen LogP contribution in [0, 0.1) is 0 Å². The van der Waals surface area contributed by atoms with Gasteiger partial charge in [-0.15, -0.1) is 0 Å². The van der Waals surface area contributed by atoms with Gasteiger partial charge in [0.15, 0.2) is 5.65 Å². The SMILES string of the molecule is CNC(=O)c1cnn2c(NC)cc(Nc3cccnc3OC3CC3)nc12. The highest BCUT2D eigenvalue weighted by Gasteiger charge is 2.25. The Morgan fingerprint density at radius 3 is 2.92 bits per heavy atom. The van der Waals surface area contributed by atoms with Crippen molar-refractivity contribution in [3.63, 3.8) is 0 Å². The fourth-order valence-electron chi connectivity index (χ4n) is 2.56. The molecule has 0 radical (unpaired) electrons. The number of carbonyl (C=O) groups excluding carboxylic acids is 1. The fraction of sp³-hybridized carbons (Fsp3) is 0.294. The summed E-state index contributed by atoms with van der Waals surface area (Å²) in [4.78, 5) is 20.9. The lowest BCUT2D eigenvalue weighted by Crippen LogP contribution is -2.18. The molecule has 1 saturated carbocycles. The van der Waals surface area contributed by atoms with Crippen molar-refractivity contribution >= 4 is 28.9 Å². The predicted octanol–water partition coefficient (Wildman–Crippen LogP) is 1.81. The van der Waals surface area contributed by atoms with Gasteiger partial charge in [0.1, 0.15) is 29.0 Å². The van der Waals surface area contributed by atoms with Crippen molar-refractivity contribution in [3.05, 3.63) is 36.2 Å². The average Bonchev–Trinajstić information content (AvgIpc) is 3.38. The first-order valence-electron chi connectivity index (χ1n) is 8.37. The van der Waals surface area contributed by atoms with Gasteiger partial charge >= 0.3 is 0 Å². The molecule has 3 aromatic heterocycles. The Balaban J connectivity index is 1.73. The molecule has 0 atom stereocenters. The summed E-state index contributed by atoms with van der Waals surface area (Å²) < 4.78 is 7.42. The lowest BCUT2D eigenvalue weighted by molar-refractivity contribution is 0.0964. The third-order valence-corrected chi connectivity index (χ3v) is 4.04. The number of nitrogens with zero attached hydrogens (tertiary/aromatic N) is 4. The maximum Gasteiger partial charge on any atom is 0.256 e. The third-order valence-electron chi connectivity index (χ3n) is 4.04. The van der Waals surface area contributed by atoms with Crippen LogP contribution in [-0.2, 0) is 0 Å². The van der Waals surface area contributed by atoms with Crippen LogP contribution in [0.5, 0.6) is 5.88 Å². The molecule has 3 heterocycles. The van der Waals surface area contributed by atoms with Crippen molar-refractivity contribution in [1.82, 2.24) is 24.9 Å². The summed E-state index contributed by atoms with van der Waals surface area (Å²) in [6, 6.07) is 5.52. The van der Waals surface area contributed by atoms with Gasteiger partial charge in [-0.2, -0.15) is 9.61 Å². The van der Waals surface area contributed by atoms with Gasteiger partial charge in [0.2, 0.25) is 5.88 Å². The molecule has 26 heavy (non-hydrogen) atoms. The van der Waals surface area contributed by atoms with Crippen LogP contribution in [0.15, 0.2) is 30.6 Å². The zero-order valence-corrected chi connectivity index (χ0v) is 14.5. The molecule has 0 aliphatic heterocycles. The second kappa shape index (κ2) is 6.51. The zero-order chi connectivity index (χ0) is 18.1. The summed E-state index contributed by atoms with van der Waals surface area (Å²) >= 11 is 0. The minimum absolute atomic E-state index is 0.239. The number of amides is 1. The molecule has 0 unspecified atom stereocenters. The number of pyridine rings is 1. The van der Waals surface area contributed by atoms with E-state index in [4.69, 9.17) is 4.74 Å². The minimum Gasteiger partial charge on any atom is -0.473 e. The first-order chi connectivity index (χ1) is 12.7. The Labute approximate surface area is 149 Å². The topological polar surface area (TPSA) is 105 Å². The molecule has 0 bridgehead atoms. The minimum atomic E-state index is -0.245. The Morgan fingerprint density at radius 1 is 1.35 bits per heavy atom. The number of carbonyl (C=O) groups is 1. The van der Waals surface area contributed by atoms with E-state index in [2.05, 4.69) is 31.0 Å². The number of fused-ring (bicyclic) bond motifs is 1. The van der Waals surface area contributed by atoms with Gasteiger partial charge in [0.25, 0.3) is 5.91 Å². The number of hydrogen-bond donors (Lipinski definition) is 3. The first kappa shape index (κ1) is 16.1. The first-order valence-corrected chi connectivity index (χ1v) is 8.37. The molecule has 0 aromatic carbocycles. The third kappa shape index (κ3) is 2.99. The van der Waals surface area contributed by atoms with Crippen LogP contribution in [0.3, 0.4) is 0 Å². The summed E-state index contributed by atoms with van der Waals surface area (Å²) in [5.41, 5.74) is 1.57. The number of ether oxygens (including phenoxy) is 1. The highest BCUT2D eigenvalue weighted by atomic mass is 16.5. The monoisotopic (exact) mass is 353 g/mol. The summed E-state index contributed by atoms with van der Waals surface area (Å²) in [6.45, 7) is 0. The van der Waals surface area contributed by atoms with Crippen molar-refractivity contribution in [2.45, 2.75) is 18.9 Å². The van der Waals surface area contributed by atoms with E-state index >= 15 is 0 Å². The molecule has 1 aliphatic rings. The van der Waals surface area contributed by atoms with Crippen molar-refractivity contribution < 1.29 is 9.53 Å². The van der Waals surface area contributed by atoms with E-state index in [1.807, 2.05) is 18.2 Å². The summed E-state index contributed by atoms with van der Waals surface area (Å²) in [5, 5.41) is 13.1. The van der Waals surface area contributed by atoms with E-state index in [1.54, 1.807) is 24.8 Å². The second-order valence-corrected chi connectivity index (χ2v) is 5.95. The van der Waals surface area contributed by atoms with E-state index in [0.717, 1.165) is 18.5 Å². The number of anilines is 3. The summed E-state index contributed by atoms with van der Waals surface area (Å²) in [6.07, 6.45) is 5.53. The largest absolute Gasteiger partial charge is 0.473 e. The van der Waals surface area contributed by atoms with E-state index < -0.39 is 0 Å². The molecule has 9 nitrogen and oxygen atoms in total. The van der Waals surface area contributed by atoms with Crippen LogP contribution in [0.2, 0.25) is 0 Å². The Morgan fingerprint density at radius 2 is 2.19 bits per heavy atom. The summed E-state index contributed by atoms with van der Waals surface area (Å²) in [7, 11) is 3.36. The molecule has 1 amide bonds. The van der Waals surface area contributed by atoms with Gasteiger partial charge in [-0.05, 0) is 25.0 Å². The molecule has 1 aliphatic carbocycles. The predicted molar refractivity (Wildman–Crippen MR) is 97.1 cm³/mol. The molecular weight excluding hydrogens is 334 g/mol. The molecule has 0 spiro atoms. The standard InChI is InChI=1S/C17H19N7O2/c1-18-14-8-13(23-15-11(16(25)19-2)9-21-24(14)15)22-12-4-3-7-20-17(12)26-10-5-6-10/h3-4,7-10,18H,5-6H2,1-2H3,(H,19,25)(H,22,23). The Bertz CT molecular complexity index is 965. The van der Waals surface area contributed by atoms with Crippen molar-refractivity contribution in [2.75, 3.05) is 24.7 Å². The fourth-order valence-corrected chi connectivity index (χ4v) is 2.56. The van der Waals surface area contributed by atoms with E-state index in [0.29, 0.717) is 28.7 Å². The molecular formula is C17H19N7O2. The van der Waals surface area contributed by atoms with Crippen molar-refractivity contribution in [2.24, 2.45) is 0 Å².